The predicted molar refractivity (Wildman–Crippen MR) is 188 cm³/mol. The molecule has 3 nitrogen and oxygen atoms in total. The Morgan fingerprint density at radius 3 is 1.32 bits per heavy atom. The van der Waals surface area contributed by atoms with Gasteiger partial charge in [0.05, 0.1) is 0 Å². The van der Waals surface area contributed by atoms with Crippen LogP contribution >= 0.6 is 0 Å². The van der Waals surface area contributed by atoms with E-state index in [-0.39, 0.29) is 38.1 Å². The molecule has 0 aromatic heterocycles. The summed E-state index contributed by atoms with van der Waals surface area (Å²) in [5, 5.41) is 20.1. The van der Waals surface area contributed by atoms with E-state index < -0.39 is 7.12 Å². The largest absolute Gasteiger partial charge is 0.487 e. The fraction of sp³-hybridized carbons (Fsp3) is 0.167. The number of anilines is 3. The van der Waals surface area contributed by atoms with Crippen molar-refractivity contribution in [1.82, 2.24) is 0 Å². The highest BCUT2D eigenvalue weighted by atomic mass is 16.4. The normalized spacial score (nSPS) is 14.9. The monoisotopic (exact) mass is 561 g/mol. The Hall–Kier alpha value is -3.86. The molecule has 0 fully saturated rings. The van der Waals surface area contributed by atoms with Crippen molar-refractivity contribution in [3.05, 3.63) is 107 Å². The quantitative estimate of drug-likeness (QED) is 0.333. The molecule has 0 aliphatic heterocycles. The summed E-state index contributed by atoms with van der Waals surface area (Å²) < 4.78 is 0. The lowest BCUT2D eigenvalue weighted by Gasteiger charge is -2.34. The van der Waals surface area contributed by atoms with Gasteiger partial charge in [-0.3, -0.25) is 0 Å². The van der Waals surface area contributed by atoms with Crippen LogP contribution in [0.5, 0.6) is 0 Å². The van der Waals surface area contributed by atoms with Crippen LogP contribution in [0.3, 0.4) is 0 Å². The number of hydrogen-bond acceptors (Lipinski definition) is 3. The second-order valence-corrected chi connectivity index (χ2v) is 12.9. The Morgan fingerprint density at radius 2 is 0.909 bits per heavy atom. The second kappa shape index (κ2) is 9.82. The summed E-state index contributed by atoms with van der Waals surface area (Å²) in [6.45, 7) is 8.93. The molecule has 5 aromatic carbocycles. The maximum Gasteiger partial charge on any atom is 0.487 e. The summed E-state index contributed by atoms with van der Waals surface area (Å²) in [6.07, 6.45) is 0. The fourth-order valence-electron chi connectivity index (χ4n) is 7.42. The molecule has 0 bridgehead atoms. The first kappa shape index (κ1) is 28.9. The van der Waals surface area contributed by atoms with Crippen molar-refractivity contribution in [2.75, 3.05) is 4.90 Å². The smallest absolute Gasteiger partial charge is 0.423 e. The van der Waals surface area contributed by atoms with Crippen LogP contribution < -0.4 is 32.2 Å². The Balaban J connectivity index is 1.50. The molecule has 204 valence electrons. The number of rotatable bonds is 4. The summed E-state index contributed by atoms with van der Waals surface area (Å²) in [7, 11) is 24.3. The van der Waals surface area contributed by atoms with Gasteiger partial charge in [0.25, 0.3) is 0 Å². The summed E-state index contributed by atoms with van der Waals surface area (Å²) in [5.74, 6) is 0. The van der Waals surface area contributed by atoms with Gasteiger partial charge in [-0.1, -0.05) is 99.3 Å². The first-order valence-corrected chi connectivity index (χ1v) is 14.8. The zero-order valence-corrected chi connectivity index (χ0v) is 25.3. The summed E-state index contributed by atoms with van der Waals surface area (Å²) in [4.78, 5) is 1.99. The van der Waals surface area contributed by atoms with Crippen LogP contribution in [0.4, 0.5) is 17.1 Å². The minimum atomic E-state index is -1.93. The Morgan fingerprint density at radius 1 is 0.523 bits per heavy atom. The average Bonchev–Trinajstić information content (AvgIpc) is 3.37. The minimum absolute atomic E-state index is 0.0190. The van der Waals surface area contributed by atoms with Gasteiger partial charge in [0.1, 0.15) is 31.4 Å². The van der Waals surface area contributed by atoms with E-state index in [4.69, 9.17) is 31.4 Å². The standard InChI is InChI=1S/C36H28B5NO2/c1-35(2)25-11-7-5-9-21(25)23-15-13-19(17-27(23)35)42(34-31(39)29(37)33(41(43)44)30(38)32(34)40)20-14-16-24-22-10-6-8-12-26(22)36(3,4)28(24)18-20/h5-18,43-44H,1-4H3. The van der Waals surface area contributed by atoms with Gasteiger partial charge in [-0.15, -0.1) is 10.9 Å². The lowest BCUT2D eigenvalue weighted by atomic mass is 9.57. The third-order valence-corrected chi connectivity index (χ3v) is 9.80. The molecule has 2 aliphatic carbocycles. The third kappa shape index (κ3) is 3.90. The van der Waals surface area contributed by atoms with Gasteiger partial charge in [-0.25, -0.2) is 0 Å². The van der Waals surface area contributed by atoms with Gasteiger partial charge in [-0.2, -0.15) is 0 Å². The van der Waals surface area contributed by atoms with E-state index in [1.807, 2.05) is 4.90 Å². The van der Waals surface area contributed by atoms with Crippen LogP contribution in [0, 0.1) is 0 Å². The zero-order valence-electron chi connectivity index (χ0n) is 25.3. The van der Waals surface area contributed by atoms with Crippen molar-refractivity contribution in [2.24, 2.45) is 0 Å². The molecule has 0 atom stereocenters. The molecular formula is C36H28B5NO2. The second-order valence-electron chi connectivity index (χ2n) is 12.9. The Labute approximate surface area is 265 Å². The molecule has 0 amide bonds. The molecule has 0 saturated carbocycles. The van der Waals surface area contributed by atoms with Crippen LogP contribution in [0.2, 0.25) is 0 Å². The van der Waals surface area contributed by atoms with Gasteiger partial charge in [0.15, 0.2) is 0 Å². The number of fused-ring (bicyclic) bond motifs is 6. The highest BCUT2D eigenvalue weighted by Crippen LogP contribution is 2.52. The maximum atomic E-state index is 10.1. The summed E-state index contributed by atoms with van der Waals surface area (Å²) in [6, 6.07) is 29.8. The maximum absolute atomic E-state index is 10.1. The average molecular weight is 561 g/mol. The highest BCUT2D eigenvalue weighted by molar-refractivity contribution is 6.76. The van der Waals surface area contributed by atoms with E-state index in [0.29, 0.717) is 5.69 Å². The van der Waals surface area contributed by atoms with Gasteiger partial charge >= 0.3 is 7.12 Å². The molecule has 2 aliphatic rings. The topological polar surface area (TPSA) is 43.7 Å². The molecule has 8 radical (unpaired) electrons. The van der Waals surface area contributed by atoms with Gasteiger partial charge in [0, 0.05) is 27.9 Å². The van der Waals surface area contributed by atoms with Crippen LogP contribution in [0.25, 0.3) is 22.3 Å². The van der Waals surface area contributed by atoms with Crippen LogP contribution in [0.1, 0.15) is 49.9 Å². The molecule has 7 rings (SSSR count). The molecule has 44 heavy (non-hydrogen) atoms. The van der Waals surface area contributed by atoms with Crippen LogP contribution in [-0.4, -0.2) is 48.6 Å². The molecule has 2 N–H and O–H groups in total. The molecule has 5 aromatic rings. The number of nitrogens with zero attached hydrogens (tertiary/aromatic N) is 1. The zero-order chi connectivity index (χ0) is 31.3. The van der Waals surface area contributed by atoms with Crippen molar-refractivity contribution in [3.63, 3.8) is 0 Å². The Bertz CT molecular complexity index is 1880. The summed E-state index contributed by atoms with van der Waals surface area (Å²) >= 11 is 0. The van der Waals surface area contributed by atoms with Crippen molar-refractivity contribution in [2.45, 2.75) is 38.5 Å². The lowest BCUT2D eigenvalue weighted by molar-refractivity contribution is 0.426. The van der Waals surface area contributed by atoms with Crippen LogP contribution in [-0.2, 0) is 10.8 Å². The van der Waals surface area contributed by atoms with Crippen molar-refractivity contribution < 1.29 is 10.0 Å². The summed E-state index contributed by atoms with van der Waals surface area (Å²) in [5.41, 5.74) is 11.3. The fourth-order valence-corrected chi connectivity index (χ4v) is 7.42. The lowest BCUT2D eigenvalue weighted by Crippen LogP contribution is -2.61. The minimum Gasteiger partial charge on any atom is -0.423 e. The van der Waals surface area contributed by atoms with Crippen LogP contribution in [0.15, 0.2) is 84.9 Å². The molecule has 8 heteroatoms. The third-order valence-electron chi connectivity index (χ3n) is 9.80. The van der Waals surface area contributed by atoms with Gasteiger partial charge in [-0.05, 0) is 74.2 Å². The van der Waals surface area contributed by atoms with E-state index in [9.17, 15) is 10.0 Å². The molecule has 0 heterocycles. The first-order valence-electron chi connectivity index (χ1n) is 14.8. The van der Waals surface area contributed by atoms with Crippen molar-refractivity contribution >= 4 is 82.9 Å². The predicted octanol–water partition coefficient (Wildman–Crippen LogP) is 2.62. The number of hydrogen-bond donors (Lipinski definition) is 2. The SMILES string of the molecule is [B]c1c([B])c(N(c2ccc3c(c2)C(C)(C)c2ccccc2-3)c2ccc3c(c2)C(C)(C)c2ccccc2-3)c([B])c([B])c1B(O)O. The van der Waals surface area contributed by atoms with Crippen molar-refractivity contribution in [1.29, 1.82) is 0 Å². The first-order chi connectivity index (χ1) is 20.9. The van der Waals surface area contributed by atoms with Crippen molar-refractivity contribution in [3.8, 4) is 22.3 Å². The highest BCUT2D eigenvalue weighted by Gasteiger charge is 2.38. The Kier molecular flexibility index (Phi) is 6.45. The molecule has 0 unspecified atom stereocenters. The van der Waals surface area contributed by atoms with Gasteiger partial charge in [0.2, 0.25) is 0 Å². The molecular weight excluding hydrogens is 532 g/mol. The number of benzene rings is 5. The van der Waals surface area contributed by atoms with E-state index in [2.05, 4.69) is 113 Å². The van der Waals surface area contributed by atoms with E-state index in [1.54, 1.807) is 0 Å². The molecule has 0 spiro atoms. The van der Waals surface area contributed by atoms with Gasteiger partial charge < -0.3 is 14.9 Å². The molecule has 0 saturated heterocycles. The van der Waals surface area contributed by atoms with E-state index in [0.717, 1.165) is 11.4 Å². The van der Waals surface area contributed by atoms with E-state index >= 15 is 0 Å². The van der Waals surface area contributed by atoms with E-state index in [1.165, 1.54) is 44.5 Å².